The van der Waals surface area contributed by atoms with Crippen LogP contribution < -0.4 is 0 Å². The zero-order valence-electron chi connectivity index (χ0n) is 19.1. The van der Waals surface area contributed by atoms with Crippen LogP contribution in [0.15, 0.2) is 0 Å². The minimum absolute atomic E-state index is 0.0408. The van der Waals surface area contributed by atoms with Gasteiger partial charge in [0.15, 0.2) is 0 Å². The Morgan fingerprint density at radius 3 is 1.74 bits per heavy atom. The highest BCUT2D eigenvalue weighted by Crippen LogP contribution is 2.15. The van der Waals surface area contributed by atoms with Crippen LogP contribution in [0.1, 0.15) is 103 Å². The lowest BCUT2D eigenvalue weighted by molar-refractivity contribution is -0.158. The molecule has 0 aliphatic rings. The summed E-state index contributed by atoms with van der Waals surface area (Å²) >= 11 is 0. The number of rotatable bonds is 21. The van der Waals surface area contributed by atoms with Crippen LogP contribution in [0.2, 0.25) is 0 Å². The molecule has 0 aliphatic heterocycles. The molecule has 0 aromatic heterocycles. The highest BCUT2D eigenvalue weighted by molar-refractivity contribution is 5.83. The number of carboxylic acid groups (broad SMARTS) is 1. The molecule has 3 N–H and O–H groups in total. The van der Waals surface area contributed by atoms with E-state index in [2.05, 4.69) is 4.74 Å². The summed E-state index contributed by atoms with van der Waals surface area (Å²) in [5.41, 5.74) is 0. The summed E-state index contributed by atoms with van der Waals surface area (Å²) in [6.07, 6.45) is 12.6. The van der Waals surface area contributed by atoms with E-state index in [1.807, 2.05) is 0 Å². The summed E-state index contributed by atoms with van der Waals surface area (Å²) in [7, 11) is 0. The Hall–Kier alpha value is -1.51. The molecular formula is C23H42O8. The lowest BCUT2D eigenvalue weighted by Crippen LogP contribution is -2.26. The fraction of sp³-hybridized carbons (Fsp3) is 0.870. The molecular weight excluding hydrogens is 404 g/mol. The van der Waals surface area contributed by atoms with Crippen LogP contribution in [0.25, 0.3) is 0 Å². The molecule has 0 radical (unpaired) electrons. The van der Waals surface area contributed by atoms with Gasteiger partial charge in [-0.15, -0.1) is 0 Å². The minimum Gasteiger partial charge on any atom is -0.481 e. The largest absolute Gasteiger partial charge is 0.481 e. The van der Waals surface area contributed by atoms with Gasteiger partial charge in [0.25, 0.3) is 0 Å². The van der Waals surface area contributed by atoms with E-state index in [1.165, 1.54) is 39.0 Å². The second-order valence-corrected chi connectivity index (χ2v) is 8.14. The zero-order chi connectivity index (χ0) is 23.3. The first-order valence-electron chi connectivity index (χ1n) is 11.7. The Labute approximate surface area is 186 Å². The lowest BCUT2D eigenvalue weighted by Gasteiger charge is -2.17. The number of carboxylic acids is 1. The van der Waals surface area contributed by atoms with Crippen LogP contribution in [0.4, 0.5) is 0 Å². The molecule has 8 nitrogen and oxygen atoms in total. The molecule has 0 spiro atoms. The fourth-order valence-electron chi connectivity index (χ4n) is 3.36. The van der Waals surface area contributed by atoms with Crippen LogP contribution in [0.5, 0.6) is 0 Å². The number of carbonyl (C=O) groups is 3. The van der Waals surface area contributed by atoms with E-state index in [9.17, 15) is 19.5 Å². The Morgan fingerprint density at radius 2 is 1.29 bits per heavy atom. The van der Waals surface area contributed by atoms with Gasteiger partial charge in [-0.05, 0) is 12.8 Å². The molecule has 2 atom stereocenters. The van der Waals surface area contributed by atoms with Crippen molar-refractivity contribution in [3.05, 3.63) is 0 Å². The fourth-order valence-corrected chi connectivity index (χ4v) is 3.36. The van der Waals surface area contributed by atoms with Crippen LogP contribution >= 0.6 is 0 Å². The third-order valence-corrected chi connectivity index (χ3v) is 5.05. The summed E-state index contributed by atoms with van der Waals surface area (Å²) in [4.78, 5) is 32.7. The van der Waals surface area contributed by atoms with Crippen molar-refractivity contribution >= 4 is 17.9 Å². The molecule has 2 unspecified atom stereocenters. The molecule has 0 aliphatic carbocycles. The van der Waals surface area contributed by atoms with Crippen LogP contribution in [-0.4, -0.2) is 58.6 Å². The minimum atomic E-state index is -0.965. The van der Waals surface area contributed by atoms with Gasteiger partial charge in [-0.1, -0.05) is 70.6 Å². The smallest absolute Gasteiger partial charge is 0.313 e. The standard InChI is InChI=1S/C23H42O8/c1-19(25)31-23(29)15-13-11-9-7-5-3-2-4-6-8-10-12-14-21(16-22(27)28)30-18-20(26)17-24/h20-21,24,26H,2-18H2,1H3,(H,27,28). The summed E-state index contributed by atoms with van der Waals surface area (Å²) in [6, 6.07) is 0. The molecule has 0 amide bonds. The summed E-state index contributed by atoms with van der Waals surface area (Å²) in [5, 5.41) is 27.1. The Bertz CT molecular complexity index is 480. The van der Waals surface area contributed by atoms with Crippen LogP contribution in [0.3, 0.4) is 0 Å². The van der Waals surface area contributed by atoms with E-state index in [1.54, 1.807) is 0 Å². The van der Waals surface area contributed by atoms with E-state index in [4.69, 9.17) is 14.9 Å². The van der Waals surface area contributed by atoms with Gasteiger partial charge in [-0.3, -0.25) is 14.4 Å². The van der Waals surface area contributed by atoms with Crippen molar-refractivity contribution in [1.82, 2.24) is 0 Å². The normalized spacial score (nSPS) is 13.0. The maximum Gasteiger partial charge on any atom is 0.313 e. The van der Waals surface area contributed by atoms with Crippen molar-refractivity contribution in [2.24, 2.45) is 0 Å². The van der Waals surface area contributed by atoms with Gasteiger partial charge in [0.2, 0.25) is 0 Å². The SMILES string of the molecule is CC(=O)OC(=O)CCCCCCCCCCCCCCC(CC(=O)O)OCC(O)CO. The maximum atomic E-state index is 11.2. The molecule has 8 heteroatoms. The van der Waals surface area contributed by atoms with E-state index in [0.29, 0.717) is 12.8 Å². The topological polar surface area (TPSA) is 130 Å². The van der Waals surface area contributed by atoms with Gasteiger partial charge in [-0.2, -0.15) is 0 Å². The van der Waals surface area contributed by atoms with E-state index >= 15 is 0 Å². The molecule has 0 fully saturated rings. The molecule has 0 aromatic carbocycles. The molecule has 0 bridgehead atoms. The summed E-state index contributed by atoms with van der Waals surface area (Å²) in [6.45, 7) is 0.805. The van der Waals surface area contributed by atoms with Gasteiger partial charge in [-0.25, -0.2) is 0 Å². The molecule has 0 aromatic rings. The molecule has 0 saturated carbocycles. The zero-order valence-corrected chi connectivity index (χ0v) is 19.1. The van der Waals surface area contributed by atoms with E-state index in [-0.39, 0.29) is 13.0 Å². The number of hydrogen-bond acceptors (Lipinski definition) is 7. The lowest BCUT2D eigenvalue weighted by atomic mass is 10.0. The third-order valence-electron chi connectivity index (χ3n) is 5.05. The first kappa shape index (κ1) is 29.5. The Balaban J connectivity index is 3.48. The molecule has 0 saturated heterocycles. The first-order chi connectivity index (χ1) is 14.8. The van der Waals surface area contributed by atoms with Crippen molar-refractivity contribution in [1.29, 1.82) is 0 Å². The van der Waals surface area contributed by atoms with Crippen molar-refractivity contribution in [3.8, 4) is 0 Å². The van der Waals surface area contributed by atoms with Crippen LogP contribution in [0, 0.1) is 0 Å². The number of esters is 2. The molecule has 0 rings (SSSR count). The van der Waals surface area contributed by atoms with Crippen molar-refractivity contribution < 1.29 is 39.2 Å². The predicted molar refractivity (Wildman–Crippen MR) is 116 cm³/mol. The van der Waals surface area contributed by atoms with Gasteiger partial charge >= 0.3 is 17.9 Å². The molecule has 31 heavy (non-hydrogen) atoms. The maximum absolute atomic E-state index is 11.2. The summed E-state index contributed by atoms with van der Waals surface area (Å²) < 4.78 is 9.89. The monoisotopic (exact) mass is 446 g/mol. The third kappa shape index (κ3) is 21.5. The number of hydrogen-bond donors (Lipinski definition) is 3. The molecule has 182 valence electrons. The number of aliphatic carboxylic acids is 1. The number of unbranched alkanes of at least 4 members (excludes halogenated alkanes) is 11. The van der Waals surface area contributed by atoms with Crippen molar-refractivity contribution in [3.63, 3.8) is 0 Å². The average molecular weight is 447 g/mol. The second kappa shape index (κ2) is 20.4. The second-order valence-electron chi connectivity index (χ2n) is 8.14. The summed E-state index contributed by atoms with van der Waals surface area (Å²) in [5.74, 6) is -1.90. The van der Waals surface area contributed by atoms with E-state index < -0.39 is 36.7 Å². The van der Waals surface area contributed by atoms with Crippen LogP contribution in [-0.2, 0) is 23.9 Å². The Kier molecular flexibility index (Phi) is 19.4. The average Bonchev–Trinajstić information content (AvgIpc) is 2.70. The quantitative estimate of drug-likeness (QED) is 0.138. The molecule has 0 heterocycles. The number of aliphatic hydroxyl groups is 2. The van der Waals surface area contributed by atoms with Crippen molar-refractivity contribution in [2.75, 3.05) is 13.2 Å². The van der Waals surface area contributed by atoms with E-state index in [0.717, 1.165) is 44.9 Å². The van der Waals surface area contributed by atoms with Gasteiger partial charge in [0, 0.05) is 13.3 Å². The Morgan fingerprint density at radius 1 is 0.806 bits per heavy atom. The van der Waals surface area contributed by atoms with Gasteiger partial charge in [0.05, 0.1) is 25.7 Å². The highest BCUT2D eigenvalue weighted by atomic mass is 16.6. The number of ether oxygens (including phenoxy) is 2. The predicted octanol–water partition coefficient (Wildman–Crippen LogP) is 3.75. The van der Waals surface area contributed by atoms with Gasteiger partial charge in [0.1, 0.15) is 6.10 Å². The van der Waals surface area contributed by atoms with Crippen molar-refractivity contribution in [2.45, 2.75) is 115 Å². The number of aliphatic hydroxyl groups excluding tert-OH is 2. The number of carbonyl (C=O) groups excluding carboxylic acids is 2. The van der Waals surface area contributed by atoms with Gasteiger partial charge < -0.3 is 24.8 Å². The first-order valence-corrected chi connectivity index (χ1v) is 11.7. The highest BCUT2D eigenvalue weighted by Gasteiger charge is 2.15.